The molecule has 0 aliphatic carbocycles. The van der Waals surface area contributed by atoms with Crippen molar-refractivity contribution in [1.82, 2.24) is 15.1 Å². The maximum absolute atomic E-state index is 13.4. The first-order valence-electron chi connectivity index (χ1n) is 11.6. The zero-order valence-corrected chi connectivity index (χ0v) is 20.5. The largest absolute Gasteiger partial charge is 0.341 e. The molecule has 174 valence electrons. The van der Waals surface area contributed by atoms with Crippen molar-refractivity contribution in [2.24, 2.45) is 5.92 Å². The Bertz CT molecular complexity index is 1030. The lowest BCUT2D eigenvalue weighted by Crippen LogP contribution is -2.54. The molecule has 0 saturated carbocycles. The van der Waals surface area contributed by atoms with Crippen molar-refractivity contribution >= 4 is 33.7 Å². The summed E-state index contributed by atoms with van der Waals surface area (Å²) < 4.78 is 0.873. The lowest BCUT2D eigenvalue weighted by Gasteiger charge is -2.37. The van der Waals surface area contributed by atoms with Gasteiger partial charge < -0.3 is 15.1 Å². The van der Waals surface area contributed by atoms with Crippen LogP contribution in [0.4, 0.5) is 0 Å². The topological polar surface area (TPSA) is 69.7 Å². The van der Waals surface area contributed by atoms with Crippen LogP contribution in [0.1, 0.15) is 52.0 Å². The average Bonchev–Trinajstić information content (AvgIpc) is 3.37. The Morgan fingerprint density at radius 2 is 1.58 bits per heavy atom. The Balaban J connectivity index is 1.46. The van der Waals surface area contributed by atoms with Gasteiger partial charge in [0.05, 0.1) is 0 Å². The number of piperidine rings is 1. The molecule has 1 N–H and O–H groups in total. The van der Waals surface area contributed by atoms with E-state index in [-0.39, 0.29) is 23.6 Å². The van der Waals surface area contributed by atoms with Crippen LogP contribution in [0, 0.1) is 12.8 Å². The lowest BCUT2D eigenvalue weighted by atomic mass is 9.88. The third-order valence-electron chi connectivity index (χ3n) is 6.62. The molecule has 1 atom stereocenters. The molecular weight excluding hydrogens is 482 g/mol. The van der Waals surface area contributed by atoms with Crippen molar-refractivity contribution in [3.8, 4) is 0 Å². The number of carbonyl (C=O) groups excluding carboxylic acids is 3. The van der Waals surface area contributed by atoms with Gasteiger partial charge in [-0.05, 0) is 68.9 Å². The van der Waals surface area contributed by atoms with Crippen LogP contribution in [0.2, 0.25) is 0 Å². The van der Waals surface area contributed by atoms with E-state index in [2.05, 4.69) is 21.2 Å². The van der Waals surface area contributed by atoms with Gasteiger partial charge in [0.25, 0.3) is 11.8 Å². The van der Waals surface area contributed by atoms with Gasteiger partial charge in [-0.2, -0.15) is 0 Å². The number of likely N-dealkylation sites (tertiary alicyclic amines) is 2. The van der Waals surface area contributed by atoms with E-state index in [0.717, 1.165) is 36.0 Å². The van der Waals surface area contributed by atoms with Crippen molar-refractivity contribution in [2.75, 3.05) is 26.2 Å². The number of amides is 3. The van der Waals surface area contributed by atoms with Crippen molar-refractivity contribution in [3.05, 3.63) is 69.7 Å². The summed E-state index contributed by atoms with van der Waals surface area (Å²) in [5.41, 5.74) is 2.22. The Hall–Kier alpha value is -2.67. The van der Waals surface area contributed by atoms with Gasteiger partial charge in [0.15, 0.2) is 0 Å². The second-order valence-electron chi connectivity index (χ2n) is 8.99. The van der Waals surface area contributed by atoms with E-state index >= 15 is 0 Å². The molecule has 0 unspecified atom stereocenters. The molecule has 2 aromatic rings. The number of halogens is 1. The molecular formula is C26H30BrN3O3. The van der Waals surface area contributed by atoms with E-state index in [1.807, 2.05) is 59.2 Å². The van der Waals surface area contributed by atoms with Crippen molar-refractivity contribution < 1.29 is 14.4 Å². The fourth-order valence-corrected chi connectivity index (χ4v) is 5.17. The van der Waals surface area contributed by atoms with Crippen LogP contribution in [-0.2, 0) is 4.79 Å². The van der Waals surface area contributed by atoms with E-state index in [1.165, 1.54) is 0 Å². The van der Waals surface area contributed by atoms with E-state index in [0.29, 0.717) is 37.1 Å². The van der Waals surface area contributed by atoms with Gasteiger partial charge in [-0.3, -0.25) is 14.4 Å². The highest BCUT2D eigenvalue weighted by Crippen LogP contribution is 2.25. The molecule has 2 saturated heterocycles. The van der Waals surface area contributed by atoms with Crippen molar-refractivity contribution in [3.63, 3.8) is 0 Å². The number of rotatable bonds is 5. The van der Waals surface area contributed by atoms with Gasteiger partial charge in [-0.25, -0.2) is 0 Å². The molecule has 6 nitrogen and oxygen atoms in total. The normalized spacial score (nSPS) is 17.6. The SMILES string of the molecule is Cc1cccc(C(=O)N[C@H](C(=O)N2CCCC2)C2CCN(C(=O)c3cccc(Br)c3)CC2)c1. The smallest absolute Gasteiger partial charge is 0.253 e. The quantitative estimate of drug-likeness (QED) is 0.658. The van der Waals surface area contributed by atoms with E-state index in [1.54, 1.807) is 6.07 Å². The van der Waals surface area contributed by atoms with Crippen LogP contribution >= 0.6 is 15.9 Å². The van der Waals surface area contributed by atoms with Gasteiger partial charge >= 0.3 is 0 Å². The molecule has 2 aromatic carbocycles. The minimum Gasteiger partial charge on any atom is -0.341 e. The molecule has 2 aliphatic heterocycles. The molecule has 0 bridgehead atoms. The van der Waals surface area contributed by atoms with Crippen LogP contribution in [0.15, 0.2) is 53.0 Å². The van der Waals surface area contributed by atoms with Gasteiger partial charge in [-0.1, -0.05) is 39.7 Å². The maximum Gasteiger partial charge on any atom is 0.253 e. The Morgan fingerprint density at radius 1 is 0.909 bits per heavy atom. The number of nitrogens with zero attached hydrogens (tertiary/aromatic N) is 2. The summed E-state index contributed by atoms with van der Waals surface area (Å²) in [4.78, 5) is 43.0. The van der Waals surface area contributed by atoms with Crippen LogP contribution < -0.4 is 5.32 Å². The number of carbonyl (C=O) groups is 3. The zero-order chi connectivity index (χ0) is 23.4. The van der Waals surface area contributed by atoms with E-state index in [9.17, 15) is 14.4 Å². The first-order chi connectivity index (χ1) is 15.9. The van der Waals surface area contributed by atoms with Crippen LogP contribution in [-0.4, -0.2) is 59.7 Å². The summed E-state index contributed by atoms with van der Waals surface area (Å²) in [6, 6.07) is 14.3. The number of hydrogen-bond acceptors (Lipinski definition) is 3. The minimum absolute atomic E-state index is 0.000894. The van der Waals surface area contributed by atoms with Crippen molar-refractivity contribution in [1.29, 1.82) is 0 Å². The predicted molar refractivity (Wildman–Crippen MR) is 131 cm³/mol. The first-order valence-corrected chi connectivity index (χ1v) is 12.4. The Labute approximate surface area is 203 Å². The first kappa shape index (κ1) is 23.5. The third kappa shape index (κ3) is 5.64. The zero-order valence-electron chi connectivity index (χ0n) is 18.9. The Kier molecular flexibility index (Phi) is 7.48. The van der Waals surface area contributed by atoms with Gasteiger partial charge in [0.1, 0.15) is 6.04 Å². The number of nitrogens with one attached hydrogen (secondary N) is 1. The molecule has 7 heteroatoms. The number of hydrogen-bond donors (Lipinski definition) is 1. The van der Waals surface area contributed by atoms with Crippen molar-refractivity contribution in [2.45, 2.75) is 38.6 Å². The predicted octanol–water partition coefficient (Wildman–Crippen LogP) is 4.03. The van der Waals surface area contributed by atoms with Gasteiger partial charge in [0, 0.05) is 41.8 Å². The van der Waals surface area contributed by atoms with Crippen LogP contribution in [0.5, 0.6) is 0 Å². The van der Waals surface area contributed by atoms with Gasteiger partial charge in [0.2, 0.25) is 5.91 Å². The molecule has 0 radical (unpaired) electrons. The highest BCUT2D eigenvalue weighted by atomic mass is 79.9. The van der Waals surface area contributed by atoms with Gasteiger partial charge in [-0.15, -0.1) is 0 Å². The minimum atomic E-state index is -0.570. The fourth-order valence-electron chi connectivity index (χ4n) is 4.77. The summed E-state index contributed by atoms with van der Waals surface area (Å²) in [6.45, 7) is 4.58. The third-order valence-corrected chi connectivity index (χ3v) is 7.11. The average molecular weight is 512 g/mol. The number of benzene rings is 2. The number of aryl methyl sites for hydroxylation is 1. The molecule has 33 heavy (non-hydrogen) atoms. The summed E-state index contributed by atoms with van der Waals surface area (Å²) in [5.74, 6) is -0.214. The van der Waals surface area contributed by atoms with Crippen LogP contribution in [0.3, 0.4) is 0 Å². The second kappa shape index (κ2) is 10.5. The molecule has 0 aromatic heterocycles. The second-order valence-corrected chi connectivity index (χ2v) is 9.91. The Morgan fingerprint density at radius 3 is 2.24 bits per heavy atom. The molecule has 2 heterocycles. The molecule has 0 spiro atoms. The van der Waals surface area contributed by atoms with E-state index in [4.69, 9.17) is 0 Å². The standard InChI is InChI=1S/C26H30BrN3O3/c1-18-6-4-7-20(16-18)24(31)28-23(26(33)29-12-2-3-13-29)19-10-14-30(15-11-19)25(32)21-8-5-9-22(27)17-21/h4-9,16-17,19,23H,2-3,10-15H2,1H3,(H,28,31)/t23-/m0/s1. The van der Waals surface area contributed by atoms with E-state index < -0.39 is 6.04 Å². The molecule has 4 rings (SSSR count). The van der Waals surface area contributed by atoms with Crippen LogP contribution in [0.25, 0.3) is 0 Å². The highest BCUT2D eigenvalue weighted by molar-refractivity contribution is 9.10. The molecule has 2 fully saturated rings. The fraction of sp³-hybridized carbons (Fsp3) is 0.423. The summed E-state index contributed by atoms with van der Waals surface area (Å²) in [7, 11) is 0. The summed E-state index contributed by atoms with van der Waals surface area (Å²) in [6.07, 6.45) is 3.36. The lowest BCUT2D eigenvalue weighted by molar-refractivity contribution is -0.134. The summed E-state index contributed by atoms with van der Waals surface area (Å²) >= 11 is 3.42. The maximum atomic E-state index is 13.4. The summed E-state index contributed by atoms with van der Waals surface area (Å²) in [5, 5.41) is 3.05. The molecule has 2 aliphatic rings. The molecule has 3 amide bonds. The monoisotopic (exact) mass is 511 g/mol. The highest BCUT2D eigenvalue weighted by Gasteiger charge is 2.37.